The molecule has 2 heterocycles. The summed E-state index contributed by atoms with van der Waals surface area (Å²) in [7, 11) is 0. The van der Waals surface area contributed by atoms with Crippen molar-refractivity contribution in [2.45, 2.75) is 51.6 Å². The maximum absolute atomic E-state index is 12.6. The summed E-state index contributed by atoms with van der Waals surface area (Å²) in [6.45, 7) is 7.82. The van der Waals surface area contributed by atoms with Crippen molar-refractivity contribution >= 4 is 11.7 Å². The summed E-state index contributed by atoms with van der Waals surface area (Å²) in [5.41, 5.74) is 0. The predicted octanol–water partition coefficient (Wildman–Crippen LogP) is 1.68. The smallest absolute Gasteiger partial charge is 0.237 e. The van der Waals surface area contributed by atoms with Gasteiger partial charge < -0.3 is 10.2 Å². The number of hydrogen-bond donors (Lipinski definition) is 1. The first kappa shape index (κ1) is 17.1. The Balaban J connectivity index is 1.49. The van der Waals surface area contributed by atoms with Crippen molar-refractivity contribution < 1.29 is 4.79 Å². The van der Waals surface area contributed by atoms with Crippen LogP contribution in [0.25, 0.3) is 0 Å². The third-order valence-corrected chi connectivity index (χ3v) is 5.55. The van der Waals surface area contributed by atoms with E-state index in [1.165, 1.54) is 19.3 Å². The van der Waals surface area contributed by atoms with E-state index in [1.54, 1.807) is 18.6 Å². The van der Waals surface area contributed by atoms with Crippen molar-refractivity contribution in [2.75, 3.05) is 31.1 Å². The quantitative estimate of drug-likeness (QED) is 0.909. The van der Waals surface area contributed by atoms with E-state index in [4.69, 9.17) is 0 Å². The van der Waals surface area contributed by atoms with E-state index < -0.39 is 0 Å². The molecule has 0 radical (unpaired) electrons. The summed E-state index contributed by atoms with van der Waals surface area (Å²) in [4.78, 5) is 25.6. The van der Waals surface area contributed by atoms with Gasteiger partial charge in [-0.15, -0.1) is 0 Å². The highest BCUT2D eigenvalue weighted by molar-refractivity contribution is 5.81. The standard InChI is InChI=1S/C18H29N5O/c1-14-5-3-4-6-16(14)21-18(24)15(2)22-9-11-23(12-10-22)17-13-19-7-8-20-17/h7-8,13-16H,3-6,9-12H2,1-2H3,(H,21,24)/t14-,15+,16+/m1/s1. The highest BCUT2D eigenvalue weighted by atomic mass is 16.2. The Morgan fingerprint density at radius 1 is 1.21 bits per heavy atom. The third kappa shape index (κ3) is 4.04. The van der Waals surface area contributed by atoms with Crippen LogP contribution < -0.4 is 10.2 Å². The number of rotatable bonds is 4. The molecule has 0 unspecified atom stereocenters. The second-order valence-electron chi connectivity index (χ2n) is 7.14. The lowest BCUT2D eigenvalue weighted by atomic mass is 9.86. The van der Waals surface area contributed by atoms with Crippen LogP contribution in [0.1, 0.15) is 39.5 Å². The Bertz CT molecular complexity index is 529. The van der Waals surface area contributed by atoms with Crippen LogP contribution in [0.5, 0.6) is 0 Å². The molecule has 3 rings (SSSR count). The number of anilines is 1. The van der Waals surface area contributed by atoms with Gasteiger partial charge in [-0.25, -0.2) is 4.98 Å². The Labute approximate surface area is 144 Å². The van der Waals surface area contributed by atoms with Gasteiger partial charge in [0.05, 0.1) is 12.2 Å². The summed E-state index contributed by atoms with van der Waals surface area (Å²) in [6, 6.07) is 0.290. The van der Waals surface area contributed by atoms with Crippen LogP contribution in [0.4, 0.5) is 5.82 Å². The van der Waals surface area contributed by atoms with Crippen LogP contribution in [0, 0.1) is 5.92 Å². The van der Waals surface area contributed by atoms with Crippen molar-refractivity contribution in [1.82, 2.24) is 20.2 Å². The molecule has 6 heteroatoms. The van der Waals surface area contributed by atoms with E-state index in [0.29, 0.717) is 12.0 Å². The average molecular weight is 331 g/mol. The number of carbonyl (C=O) groups excluding carboxylic acids is 1. The first-order valence-corrected chi connectivity index (χ1v) is 9.20. The van der Waals surface area contributed by atoms with E-state index in [9.17, 15) is 4.79 Å². The number of nitrogens with zero attached hydrogens (tertiary/aromatic N) is 4. The lowest BCUT2D eigenvalue weighted by Gasteiger charge is -2.38. The van der Waals surface area contributed by atoms with Crippen LogP contribution in [-0.4, -0.2) is 59.0 Å². The fourth-order valence-corrected chi connectivity index (χ4v) is 3.79. The topological polar surface area (TPSA) is 61.4 Å². The molecule has 3 atom stereocenters. The van der Waals surface area contributed by atoms with Gasteiger partial charge in [-0.05, 0) is 25.7 Å². The monoisotopic (exact) mass is 331 g/mol. The van der Waals surface area contributed by atoms with E-state index >= 15 is 0 Å². The molecule has 1 aliphatic carbocycles. The minimum Gasteiger partial charge on any atom is -0.353 e. The number of hydrogen-bond acceptors (Lipinski definition) is 5. The van der Waals surface area contributed by atoms with Crippen LogP contribution in [0.2, 0.25) is 0 Å². The van der Waals surface area contributed by atoms with Gasteiger partial charge in [0.25, 0.3) is 0 Å². The van der Waals surface area contributed by atoms with Gasteiger partial charge >= 0.3 is 0 Å². The van der Waals surface area contributed by atoms with Gasteiger partial charge in [-0.3, -0.25) is 14.7 Å². The molecule has 1 aliphatic heterocycles. The second kappa shape index (κ2) is 7.92. The Morgan fingerprint density at radius 3 is 2.62 bits per heavy atom. The SMILES string of the molecule is C[C@@H]1CCCC[C@@H]1NC(=O)[C@H](C)N1CCN(c2cnccn2)CC1. The Morgan fingerprint density at radius 2 is 1.96 bits per heavy atom. The summed E-state index contributed by atoms with van der Waals surface area (Å²) in [5.74, 6) is 1.70. The van der Waals surface area contributed by atoms with Crippen molar-refractivity contribution in [3.05, 3.63) is 18.6 Å². The fraction of sp³-hybridized carbons (Fsp3) is 0.722. The van der Waals surface area contributed by atoms with E-state index in [-0.39, 0.29) is 11.9 Å². The Hall–Kier alpha value is -1.69. The summed E-state index contributed by atoms with van der Waals surface area (Å²) in [6.07, 6.45) is 10.1. The van der Waals surface area contributed by atoms with Crippen LogP contribution in [-0.2, 0) is 4.79 Å². The lowest BCUT2D eigenvalue weighted by molar-refractivity contribution is -0.127. The van der Waals surface area contributed by atoms with Crippen LogP contribution in [0.15, 0.2) is 18.6 Å². The zero-order chi connectivity index (χ0) is 16.9. The molecule has 1 saturated carbocycles. The highest BCUT2D eigenvalue weighted by Crippen LogP contribution is 2.24. The maximum atomic E-state index is 12.6. The van der Waals surface area contributed by atoms with E-state index in [1.807, 2.05) is 6.92 Å². The molecule has 6 nitrogen and oxygen atoms in total. The zero-order valence-corrected chi connectivity index (χ0v) is 14.8. The van der Waals surface area contributed by atoms with Gasteiger partial charge in [0.15, 0.2) is 0 Å². The molecular formula is C18H29N5O. The first-order valence-electron chi connectivity index (χ1n) is 9.20. The molecule has 0 bridgehead atoms. The van der Waals surface area contributed by atoms with Crippen LogP contribution >= 0.6 is 0 Å². The molecule has 1 aromatic rings. The zero-order valence-electron chi connectivity index (χ0n) is 14.8. The molecular weight excluding hydrogens is 302 g/mol. The number of nitrogens with one attached hydrogen (secondary N) is 1. The molecule has 0 aromatic carbocycles. The summed E-state index contributed by atoms with van der Waals surface area (Å²) in [5, 5.41) is 3.29. The van der Waals surface area contributed by atoms with E-state index in [2.05, 4.69) is 32.0 Å². The molecule has 24 heavy (non-hydrogen) atoms. The number of piperazine rings is 1. The minimum absolute atomic E-state index is 0.0665. The molecule has 2 aliphatic rings. The largest absolute Gasteiger partial charge is 0.353 e. The van der Waals surface area contributed by atoms with Gasteiger partial charge in [-0.1, -0.05) is 19.8 Å². The molecule has 1 aromatic heterocycles. The number of carbonyl (C=O) groups is 1. The van der Waals surface area contributed by atoms with Gasteiger partial charge in [0.2, 0.25) is 5.91 Å². The van der Waals surface area contributed by atoms with Crippen molar-refractivity contribution in [3.63, 3.8) is 0 Å². The van der Waals surface area contributed by atoms with Gasteiger partial charge in [0, 0.05) is 44.6 Å². The van der Waals surface area contributed by atoms with Crippen molar-refractivity contribution in [3.8, 4) is 0 Å². The Kier molecular flexibility index (Phi) is 5.66. The molecule has 132 valence electrons. The molecule has 2 fully saturated rings. The number of aromatic nitrogens is 2. The van der Waals surface area contributed by atoms with Gasteiger partial charge in [-0.2, -0.15) is 0 Å². The normalized spacial score (nSPS) is 26.8. The minimum atomic E-state index is -0.0665. The van der Waals surface area contributed by atoms with Crippen molar-refractivity contribution in [2.24, 2.45) is 5.92 Å². The fourth-order valence-electron chi connectivity index (χ4n) is 3.79. The van der Waals surface area contributed by atoms with E-state index in [0.717, 1.165) is 38.4 Å². The third-order valence-electron chi connectivity index (χ3n) is 5.55. The predicted molar refractivity (Wildman–Crippen MR) is 94.8 cm³/mol. The number of amides is 1. The molecule has 1 saturated heterocycles. The molecule has 1 N–H and O–H groups in total. The highest BCUT2D eigenvalue weighted by Gasteiger charge is 2.29. The molecule has 0 spiro atoms. The van der Waals surface area contributed by atoms with Gasteiger partial charge in [0.1, 0.15) is 5.82 Å². The van der Waals surface area contributed by atoms with Crippen LogP contribution in [0.3, 0.4) is 0 Å². The summed E-state index contributed by atoms with van der Waals surface area (Å²) >= 11 is 0. The van der Waals surface area contributed by atoms with Crippen molar-refractivity contribution in [1.29, 1.82) is 0 Å². The lowest BCUT2D eigenvalue weighted by Crippen LogP contribution is -2.56. The summed E-state index contributed by atoms with van der Waals surface area (Å²) < 4.78 is 0. The molecule has 1 amide bonds. The second-order valence-corrected chi connectivity index (χ2v) is 7.14. The maximum Gasteiger partial charge on any atom is 0.237 e. The average Bonchev–Trinajstić information content (AvgIpc) is 2.64. The first-order chi connectivity index (χ1) is 11.6.